The first-order valence-electron chi connectivity index (χ1n) is 5.77. The second-order valence-electron chi connectivity index (χ2n) is 4.62. The molecule has 0 bridgehead atoms. The van der Waals surface area contributed by atoms with Crippen LogP contribution >= 0.6 is 0 Å². The Bertz CT molecular complexity index is 433. The number of hydrogen-bond acceptors (Lipinski definition) is 2. The molecule has 2 N–H and O–H groups in total. The van der Waals surface area contributed by atoms with Crippen LogP contribution in [0.1, 0.15) is 24.5 Å². The molecule has 0 aliphatic heterocycles. The fourth-order valence-electron chi connectivity index (χ4n) is 1.87. The third kappa shape index (κ3) is 2.82. The second kappa shape index (κ2) is 4.84. The SMILES string of the molecule is CC1CC1C(=O)NCc1ccc(F)c(CO)c1. The van der Waals surface area contributed by atoms with E-state index in [-0.39, 0.29) is 24.0 Å². The van der Waals surface area contributed by atoms with Crippen LogP contribution in [-0.4, -0.2) is 11.0 Å². The van der Waals surface area contributed by atoms with Gasteiger partial charge in [-0.2, -0.15) is 0 Å². The van der Waals surface area contributed by atoms with Crippen LogP contribution in [0.3, 0.4) is 0 Å². The van der Waals surface area contributed by atoms with Crippen molar-refractivity contribution in [2.75, 3.05) is 0 Å². The molecule has 1 amide bonds. The standard InChI is InChI=1S/C13H16FNO2/c1-8-4-11(8)13(17)15-6-9-2-3-12(14)10(5-9)7-16/h2-3,5,8,11,16H,4,6-7H2,1H3,(H,15,17). The molecule has 0 saturated heterocycles. The van der Waals surface area contributed by atoms with Crippen molar-refractivity contribution in [3.63, 3.8) is 0 Å². The number of amides is 1. The molecule has 0 spiro atoms. The van der Waals surface area contributed by atoms with E-state index in [1.807, 2.05) is 6.92 Å². The Labute approximate surface area is 99.7 Å². The Balaban J connectivity index is 1.92. The highest BCUT2D eigenvalue weighted by molar-refractivity contribution is 5.81. The summed E-state index contributed by atoms with van der Waals surface area (Å²) in [7, 11) is 0. The van der Waals surface area contributed by atoms with Gasteiger partial charge in [0.1, 0.15) is 5.82 Å². The molecule has 1 aliphatic carbocycles. The molecule has 0 radical (unpaired) electrons. The summed E-state index contributed by atoms with van der Waals surface area (Å²) in [6.45, 7) is 2.11. The zero-order chi connectivity index (χ0) is 12.4. The lowest BCUT2D eigenvalue weighted by Gasteiger charge is -2.06. The fourth-order valence-corrected chi connectivity index (χ4v) is 1.87. The molecule has 4 heteroatoms. The van der Waals surface area contributed by atoms with Gasteiger partial charge in [-0.25, -0.2) is 4.39 Å². The van der Waals surface area contributed by atoms with Crippen molar-refractivity contribution < 1.29 is 14.3 Å². The lowest BCUT2D eigenvalue weighted by atomic mass is 10.1. The summed E-state index contributed by atoms with van der Waals surface area (Å²) in [5, 5.41) is 11.7. The van der Waals surface area contributed by atoms with Crippen molar-refractivity contribution in [2.24, 2.45) is 11.8 Å². The summed E-state index contributed by atoms with van der Waals surface area (Å²) in [6, 6.07) is 4.50. The van der Waals surface area contributed by atoms with Crippen molar-refractivity contribution in [1.82, 2.24) is 5.32 Å². The van der Waals surface area contributed by atoms with Crippen molar-refractivity contribution in [1.29, 1.82) is 0 Å². The van der Waals surface area contributed by atoms with E-state index in [2.05, 4.69) is 5.32 Å². The Morgan fingerprint density at radius 1 is 1.59 bits per heavy atom. The molecule has 92 valence electrons. The smallest absolute Gasteiger partial charge is 0.223 e. The van der Waals surface area contributed by atoms with Gasteiger partial charge in [-0.05, 0) is 30.0 Å². The third-order valence-corrected chi connectivity index (χ3v) is 3.19. The minimum Gasteiger partial charge on any atom is -0.392 e. The first-order valence-corrected chi connectivity index (χ1v) is 5.77. The number of halogens is 1. The maximum Gasteiger partial charge on any atom is 0.223 e. The van der Waals surface area contributed by atoms with Crippen LogP contribution in [0.25, 0.3) is 0 Å². The molecule has 1 aromatic rings. The zero-order valence-corrected chi connectivity index (χ0v) is 9.74. The van der Waals surface area contributed by atoms with Crippen LogP contribution < -0.4 is 5.32 Å². The molecule has 1 fully saturated rings. The number of hydrogen-bond donors (Lipinski definition) is 2. The van der Waals surface area contributed by atoms with Crippen LogP contribution in [0.5, 0.6) is 0 Å². The van der Waals surface area contributed by atoms with E-state index in [9.17, 15) is 9.18 Å². The maximum absolute atomic E-state index is 13.1. The first-order chi connectivity index (χ1) is 8.11. The lowest BCUT2D eigenvalue weighted by molar-refractivity contribution is -0.122. The number of benzene rings is 1. The van der Waals surface area contributed by atoms with Crippen molar-refractivity contribution in [3.05, 3.63) is 35.1 Å². The van der Waals surface area contributed by atoms with Gasteiger partial charge < -0.3 is 10.4 Å². The average Bonchev–Trinajstić information content (AvgIpc) is 3.05. The largest absolute Gasteiger partial charge is 0.392 e. The lowest BCUT2D eigenvalue weighted by Crippen LogP contribution is -2.24. The van der Waals surface area contributed by atoms with Gasteiger partial charge >= 0.3 is 0 Å². The number of aliphatic hydroxyl groups is 1. The zero-order valence-electron chi connectivity index (χ0n) is 9.74. The van der Waals surface area contributed by atoms with Crippen LogP contribution in [0, 0.1) is 17.7 Å². The summed E-state index contributed by atoms with van der Waals surface area (Å²) in [6.07, 6.45) is 0.955. The summed E-state index contributed by atoms with van der Waals surface area (Å²) < 4.78 is 13.1. The van der Waals surface area contributed by atoms with Crippen LogP contribution in [0.4, 0.5) is 4.39 Å². The highest BCUT2D eigenvalue weighted by Crippen LogP contribution is 2.37. The van der Waals surface area contributed by atoms with Crippen LogP contribution in [-0.2, 0) is 17.9 Å². The molecule has 2 unspecified atom stereocenters. The predicted molar refractivity (Wildman–Crippen MR) is 61.4 cm³/mol. The molecular weight excluding hydrogens is 221 g/mol. The van der Waals surface area contributed by atoms with Crippen molar-refractivity contribution in [3.8, 4) is 0 Å². The molecule has 1 aromatic carbocycles. The molecule has 0 heterocycles. The summed E-state index contributed by atoms with van der Waals surface area (Å²) in [5.41, 5.74) is 1.06. The van der Waals surface area contributed by atoms with Gasteiger partial charge in [-0.15, -0.1) is 0 Å². The van der Waals surface area contributed by atoms with Gasteiger partial charge in [0.05, 0.1) is 6.61 Å². The topological polar surface area (TPSA) is 49.3 Å². The molecule has 0 aromatic heterocycles. The van der Waals surface area contributed by atoms with Gasteiger partial charge in [-0.1, -0.05) is 13.0 Å². The predicted octanol–water partition coefficient (Wildman–Crippen LogP) is 1.59. The van der Waals surface area contributed by atoms with E-state index in [1.54, 1.807) is 12.1 Å². The van der Waals surface area contributed by atoms with Gasteiger partial charge in [-0.3, -0.25) is 4.79 Å². The molecule has 1 aliphatic rings. The quantitative estimate of drug-likeness (QED) is 0.835. The first kappa shape index (κ1) is 12.0. The van der Waals surface area contributed by atoms with E-state index in [4.69, 9.17) is 5.11 Å². The molecule has 2 atom stereocenters. The molecule has 1 saturated carbocycles. The van der Waals surface area contributed by atoms with Crippen molar-refractivity contribution >= 4 is 5.91 Å². The van der Waals surface area contributed by atoms with E-state index in [0.29, 0.717) is 12.5 Å². The van der Waals surface area contributed by atoms with E-state index in [0.717, 1.165) is 12.0 Å². The Kier molecular flexibility index (Phi) is 3.43. The normalized spacial score (nSPS) is 22.3. The molecular formula is C13H16FNO2. The average molecular weight is 237 g/mol. The fraction of sp³-hybridized carbons (Fsp3) is 0.462. The number of rotatable bonds is 4. The molecule has 3 nitrogen and oxygen atoms in total. The number of aliphatic hydroxyl groups excluding tert-OH is 1. The minimum atomic E-state index is -0.418. The summed E-state index contributed by atoms with van der Waals surface area (Å²) in [4.78, 5) is 11.6. The van der Waals surface area contributed by atoms with E-state index in [1.165, 1.54) is 6.07 Å². The highest BCUT2D eigenvalue weighted by atomic mass is 19.1. The number of nitrogens with one attached hydrogen (secondary N) is 1. The Hall–Kier alpha value is -1.42. The summed E-state index contributed by atoms with van der Waals surface area (Å²) >= 11 is 0. The van der Waals surface area contributed by atoms with Gasteiger partial charge in [0.25, 0.3) is 0 Å². The van der Waals surface area contributed by atoms with Gasteiger partial charge in [0.2, 0.25) is 5.91 Å². The van der Waals surface area contributed by atoms with Crippen LogP contribution in [0.15, 0.2) is 18.2 Å². The minimum absolute atomic E-state index is 0.0624. The van der Waals surface area contributed by atoms with Gasteiger partial charge in [0, 0.05) is 18.0 Å². The molecule has 17 heavy (non-hydrogen) atoms. The maximum atomic E-state index is 13.1. The van der Waals surface area contributed by atoms with Gasteiger partial charge in [0.15, 0.2) is 0 Å². The van der Waals surface area contributed by atoms with E-state index >= 15 is 0 Å². The summed E-state index contributed by atoms with van der Waals surface area (Å²) in [5.74, 6) is 0.273. The highest BCUT2D eigenvalue weighted by Gasteiger charge is 2.38. The van der Waals surface area contributed by atoms with Crippen molar-refractivity contribution in [2.45, 2.75) is 26.5 Å². The number of carbonyl (C=O) groups is 1. The van der Waals surface area contributed by atoms with E-state index < -0.39 is 5.82 Å². The van der Waals surface area contributed by atoms with Crippen LogP contribution in [0.2, 0.25) is 0 Å². The molecule has 2 rings (SSSR count). The second-order valence-corrected chi connectivity index (χ2v) is 4.62. The number of carbonyl (C=O) groups excluding carboxylic acids is 1. The Morgan fingerprint density at radius 3 is 2.88 bits per heavy atom. The monoisotopic (exact) mass is 237 g/mol. The third-order valence-electron chi connectivity index (χ3n) is 3.19. The Morgan fingerprint density at radius 2 is 2.29 bits per heavy atom.